The lowest BCUT2D eigenvalue weighted by Crippen LogP contribution is -2.81. The fourth-order valence-corrected chi connectivity index (χ4v) is 7.70. The molecule has 0 bridgehead atoms. The van der Waals surface area contributed by atoms with Crippen molar-refractivity contribution in [1.82, 2.24) is 0 Å². The van der Waals surface area contributed by atoms with Crippen molar-refractivity contribution in [2.75, 3.05) is 6.54 Å². The van der Waals surface area contributed by atoms with E-state index in [9.17, 15) is 52.7 Å². The molecule has 0 aliphatic rings. The van der Waals surface area contributed by atoms with E-state index in [1.165, 1.54) is 22.0 Å². The van der Waals surface area contributed by atoms with E-state index in [0.29, 0.717) is 6.54 Å². The summed E-state index contributed by atoms with van der Waals surface area (Å²) in [5.41, 5.74) is -3.44. The van der Waals surface area contributed by atoms with Crippen LogP contribution < -0.4 is 26.4 Å². The van der Waals surface area contributed by atoms with Crippen LogP contribution in [0.5, 0.6) is 0 Å². The van der Waals surface area contributed by atoms with Crippen LogP contribution in [0.15, 0.2) is 84.1 Å². The van der Waals surface area contributed by atoms with Gasteiger partial charge in [0, 0.05) is 28.5 Å². The third kappa shape index (κ3) is 8.54. The Morgan fingerprint density at radius 1 is 0.420 bits per heavy atom. The van der Waals surface area contributed by atoms with E-state index < -0.39 is 144 Å². The largest absolute Gasteiger partial charge is 0.207 e. The molecule has 358 valence electrons. The van der Waals surface area contributed by atoms with Gasteiger partial charge in [0.1, 0.15) is 52.7 Å². The highest BCUT2D eigenvalue weighted by Gasteiger charge is 2.52. The molecule has 0 fully saturated rings. The first kappa shape index (κ1) is 50.8. The van der Waals surface area contributed by atoms with Crippen LogP contribution in [0, 0.1) is 116 Å². The maximum Gasteiger partial charge on any atom is 0.200 e. The van der Waals surface area contributed by atoms with Crippen LogP contribution in [0.3, 0.4) is 0 Å². The summed E-state index contributed by atoms with van der Waals surface area (Å²) in [7, 11) is 0. The lowest BCUT2D eigenvalue weighted by Gasteiger charge is -2.44. The number of halogens is 20. The fraction of sp³-hybridized carbons (Fsp3) is 0.0682. The highest BCUT2D eigenvalue weighted by Crippen LogP contribution is 2.31. The monoisotopic (exact) mass is 994 g/mol. The number of allylic oxidation sites excluding steroid dienone is 1. The molecule has 1 heterocycles. The zero-order chi connectivity index (χ0) is 51.0. The summed E-state index contributed by atoms with van der Waals surface area (Å²) in [6.45, 7) is 1.23. The van der Waals surface area contributed by atoms with Crippen molar-refractivity contribution >= 4 is 38.8 Å². The number of fused-ring (bicyclic) bond motifs is 1. The maximum atomic E-state index is 15.4. The summed E-state index contributed by atoms with van der Waals surface area (Å²) in [4.78, 5) is 2.77. The van der Waals surface area contributed by atoms with E-state index in [-0.39, 0.29) is 0 Å². The molecule has 1 aromatic heterocycles. The number of aromatic nitrogens is 1. The lowest BCUT2D eigenvalue weighted by atomic mass is 9.12. The Balaban J connectivity index is 0.000000273. The number of hydrogen-bond donors (Lipinski definition) is 0. The minimum Gasteiger partial charge on any atom is -0.207 e. The molecule has 0 N–H and O–H groups in total. The second-order valence-electron chi connectivity index (χ2n) is 14.4. The molecule has 0 radical (unpaired) electrons. The van der Waals surface area contributed by atoms with Gasteiger partial charge in [-0.1, -0.05) is 65.8 Å². The summed E-state index contributed by atoms with van der Waals surface area (Å²) in [5.74, 6) is -71.4. The van der Waals surface area contributed by atoms with Gasteiger partial charge in [0.15, 0.2) is 88.2 Å². The quantitative estimate of drug-likeness (QED) is 0.0151. The molecule has 0 unspecified atom stereocenters. The van der Waals surface area contributed by atoms with Crippen molar-refractivity contribution in [1.29, 1.82) is 0 Å². The number of rotatable bonds is 10. The number of nitrogens with zero attached hydrogens (tertiary/aromatic N) is 4. The molecule has 0 aliphatic heterocycles. The van der Waals surface area contributed by atoms with Crippen LogP contribution in [0.1, 0.15) is 11.3 Å². The Hall–Kier alpha value is -7.56. The molecule has 0 saturated carbocycles. The van der Waals surface area contributed by atoms with E-state index in [0.717, 1.165) is 13.0 Å². The third-order valence-electron chi connectivity index (χ3n) is 10.7. The topological polar surface area (TPSA) is 52.6 Å². The minimum atomic E-state index is -7.22. The van der Waals surface area contributed by atoms with Gasteiger partial charge in [-0.2, -0.15) is 4.57 Å². The number of pyridine rings is 1. The van der Waals surface area contributed by atoms with Gasteiger partial charge in [0.05, 0.1) is 6.42 Å². The molecule has 69 heavy (non-hydrogen) atoms. The molecule has 0 amide bonds. The van der Waals surface area contributed by atoms with Crippen molar-refractivity contribution in [3.8, 4) is 0 Å². The van der Waals surface area contributed by atoms with Crippen molar-refractivity contribution in [3.05, 3.63) is 217 Å². The first-order valence-corrected chi connectivity index (χ1v) is 18.9. The number of benzene rings is 6. The number of hydrogen-bond acceptors (Lipinski definition) is 1. The van der Waals surface area contributed by atoms with Crippen molar-refractivity contribution in [2.24, 2.45) is 5.11 Å². The van der Waals surface area contributed by atoms with Gasteiger partial charge in [0.25, 0.3) is 0 Å². The van der Waals surface area contributed by atoms with Crippen molar-refractivity contribution in [3.63, 3.8) is 0 Å². The molecule has 25 heteroatoms. The van der Waals surface area contributed by atoms with Crippen LogP contribution in [-0.2, 0) is 13.0 Å². The molecule has 7 aromatic rings. The Labute approximate surface area is 372 Å². The first-order chi connectivity index (χ1) is 32.6. The Morgan fingerprint density at radius 3 is 1.12 bits per heavy atom. The van der Waals surface area contributed by atoms with Crippen molar-refractivity contribution < 1.29 is 92.4 Å². The van der Waals surface area contributed by atoms with E-state index in [1.807, 2.05) is 12.1 Å². The van der Waals surface area contributed by atoms with Crippen LogP contribution >= 0.6 is 0 Å². The smallest absolute Gasteiger partial charge is 0.200 e. The van der Waals surface area contributed by atoms with E-state index in [1.54, 1.807) is 0 Å². The van der Waals surface area contributed by atoms with Gasteiger partial charge in [-0.25, -0.2) is 87.8 Å². The average molecular weight is 994 g/mol. The second kappa shape index (κ2) is 20.0. The van der Waals surface area contributed by atoms with Gasteiger partial charge in [-0.15, -0.1) is 21.9 Å². The summed E-state index contributed by atoms with van der Waals surface area (Å²) in [6.07, 6.45) is -0.293. The maximum absolute atomic E-state index is 15.4. The SMILES string of the molecule is Fc1c(F)c(F)c([B-](c2c(F)c(F)c(F)c(F)c2F)(c2c(F)c(F)c(F)c(F)c2F)c2c(F)c(F)c(F)c(F)c2F)c(F)c1F.[N-]=[N+]=NCC=CCc1c2ccccc2cc[n+]1Cc1ccccc1. The van der Waals surface area contributed by atoms with Crippen LogP contribution in [-0.4, -0.2) is 12.7 Å². The molecule has 0 spiro atoms. The van der Waals surface area contributed by atoms with Gasteiger partial charge in [-0.05, 0) is 17.0 Å². The molecule has 7 rings (SSSR count). The number of azide groups is 1. The van der Waals surface area contributed by atoms with Crippen molar-refractivity contribution in [2.45, 2.75) is 13.0 Å². The summed E-state index contributed by atoms with van der Waals surface area (Å²) < 4.78 is 296. The Kier molecular flexibility index (Phi) is 14.7. The van der Waals surface area contributed by atoms with E-state index >= 15 is 35.1 Å². The molecule has 4 nitrogen and oxygen atoms in total. The van der Waals surface area contributed by atoms with Crippen LogP contribution in [0.25, 0.3) is 21.2 Å². The first-order valence-electron chi connectivity index (χ1n) is 18.9. The van der Waals surface area contributed by atoms with Gasteiger partial charge in [0.2, 0.25) is 0 Å². The summed E-state index contributed by atoms with van der Waals surface area (Å²) in [6, 6.07) is 21.0. The molecule has 0 saturated heterocycles. The third-order valence-corrected chi connectivity index (χ3v) is 10.7. The minimum absolute atomic E-state index is 0.389. The Bertz CT molecular complexity index is 2890. The lowest BCUT2D eigenvalue weighted by molar-refractivity contribution is -0.693. The predicted molar refractivity (Wildman–Crippen MR) is 206 cm³/mol. The molecule has 6 aromatic carbocycles. The van der Waals surface area contributed by atoms with Crippen LogP contribution in [0.4, 0.5) is 87.8 Å². The van der Waals surface area contributed by atoms with E-state index in [2.05, 4.69) is 81.5 Å². The molecule has 0 aliphatic carbocycles. The Morgan fingerprint density at radius 2 is 0.754 bits per heavy atom. The zero-order valence-corrected chi connectivity index (χ0v) is 33.6. The summed E-state index contributed by atoms with van der Waals surface area (Å²) >= 11 is 0. The van der Waals surface area contributed by atoms with E-state index in [4.69, 9.17) is 5.53 Å². The van der Waals surface area contributed by atoms with Gasteiger partial charge in [-0.3, -0.25) is 0 Å². The highest BCUT2D eigenvalue weighted by molar-refractivity contribution is 7.20. The summed E-state index contributed by atoms with van der Waals surface area (Å²) in [5, 5.41) is 6.03. The standard InChI is InChI=1S/C24BF20.C20H19N4/c26-5-1(6(27)14(35)21(42)13(5)34)25(2-7(28)15(36)22(43)16(37)8(2)29,3-9(30)17(38)23(44)18(39)10(3)31)4-11(32)19(40)24(45)20(41)12(4)33;21-23-22-14-7-6-12-20-19-11-5-4-10-18(19)13-15-24(20)16-17-8-2-1-3-9-17/h;1-11,13,15H,12,14,16H2/q-1;+1. The average Bonchev–Trinajstić information content (AvgIpc) is 3.34. The highest BCUT2D eigenvalue weighted by atomic mass is 19.2. The fourth-order valence-electron chi connectivity index (χ4n) is 7.70. The molecular weight excluding hydrogens is 975 g/mol. The van der Waals surface area contributed by atoms with Gasteiger partial charge >= 0.3 is 0 Å². The normalized spacial score (nSPS) is 11.6. The second-order valence-corrected chi connectivity index (χ2v) is 14.4. The molecular formula is C44H19BF20N4. The van der Waals surface area contributed by atoms with Crippen LogP contribution in [0.2, 0.25) is 0 Å². The zero-order valence-electron chi connectivity index (χ0n) is 33.6. The van der Waals surface area contributed by atoms with Gasteiger partial charge < -0.3 is 0 Å². The predicted octanol–water partition coefficient (Wildman–Crippen LogP) is 10.4. The molecule has 0 atom stereocenters.